The molecule has 178 valence electrons. The molecule has 34 heavy (non-hydrogen) atoms. The van der Waals surface area contributed by atoms with Gasteiger partial charge in [-0.1, -0.05) is 19.9 Å². The highest BCUT2D eigenvalue weighted by Gasteiger charge is 2.23. The van der Waals surface area contributed by atoms with Gasteiger partial charge in [-0.3, -0.25) is 14.8 Å². The first-order chi connectivity index (χ1) is 16.5. The van der Waals surface area contributed by atoms with Crippen molar-refractivity contribution in [2.24, 2.45) is 10.9 Å². The van der Waals surface area contributed by atoms with E-state index >= 15 is 0 Å². The Bertz CT molecular complexity index is 1140. The van der Waals surface area contributed by atoms with Crippen LogP contribution < -0.4 is 15.0 Å². The van der Waals surface area contributed by atoms with Crippen LogP contribution in [0.5, 0.6) is 5.75 Å². The van der Waals surface area contributed by atoms with Gasteiger partial charge in [0.05, 0.1) is 0 Å². The van der Waals surface area contributed by atoms with Gasteiger partial charge in [0.2, 0.25) is 0 Å². The Labute approximate surface area is 202 Å². The number of nitrogens with one attached hydrogen (secondary N) is 1. The molecule has 2 heterocycles. The van der Waals surface area contributed by atoms with Gasteiger partial charge in [0.1, 0.15) is 11.6 Å². The molecule has 1 aromatic heterocycles. The van der Waals surface area contributed by atoms with Crippen molar-refractivity contribution in [3.05, 3.63) is 60.9 Å². The number of piperidine rings is 1. The van der Waals surface area contributed by atoms with Gasteiger partial charge in [0.15, 0.2) is 6.10 Å². The zero-order valence-electron chi connectivity index (χ0n) is 20.3. The minimum absolute atomic E-state index is 0.140. The number of pyridine rings is 1. The van der Waals surface area contributed by atoms with Crippen molar-refractivity contribution in [1.82, 2.24) is 4.98 Å². The van der Waals surface area contributed by atoms with Crippen LogP contribution in [-0.2, 0) is 4.79 Å². The Morgan fingerprint density at radius 1 is 1.12 bits per heavy atom. The van der Waals surface area contributed by atoms with Gasteiger partial charge < -0.3 is 15.0 Å². The van der Waals surface area contributed by atoms with E-state index in [-0.39, 0.29) is 5.91 Å². The largest absolute Gasteiger partial charge is 0.481 e. The Balaban J connectivity index is 1.46. The summed E-state index contributed by atoms with van der Waals surface area (Å²) in [6, 6.07) is 15.8. The molecule has 0 radical (unpaired) electrons. The first-order valence-electron chi connectivity index (χ1n) is 12.3. The van der Waals surface area contributed by atoms with E-state index in [0.29, 0.717) is 18.1 Å². The summed E-state index contributed by atoms with van der Waals surface area (Å²) in [5.41, 5.74) is 1.88. The number of amidine groups is 1. The molecule has 3 aromatic rings. The third-order valence-electron chi connectivity index (χ3n) is 6.00. The Kier molecular flexibility index (Phi) is 7.78. The predicted molar refractivity (Wildman–Crippen MR) is 140 cm³/mol. The van der Waals surface area contributed by atoms with Gasteiger partial charge >= 0.3 is 0 Å². The van der Waals surface area contributed by atoms with Crippen LogP contribution in [0.25, 0.3) is 10.8 Å². The molecule has 6 nitrogen and oxygen atoms in total. The van der Waals surface area contributed by atoms with E-state index < -0.39 is 6.10 Å². The lowest BCUT2D eigenvalue weighted by molar-refractivity contribution is -0.123. The number of fused-ring (bicyclic) bond motifs is 1. The van der Waals surface area contributed by atoms with E-state index in [1.165, 1.54) is 12.8 Å². The third kappa shape index (κ3) is 5.93. The minimum atomic E-state index is -0.584. The monoisotopic (exact) mass is 458 g/mol. The van der Waals surface area contributed by atoms with Crippen molar-refractivity contribution >= 4 is 33.9 Å². The number of hydrogen-bond donors (Lipinski definition) is 1. The Morgan fingerprint density at radius 2 is 1.94 bits per heavy atom. The number of amides is 1. The van der Waals surface area contributed by atoms with Gasteiger partial charge in [-0.15, -0.1) is 0 Å². The summed E-state index contributed by atoms with van der Waals surface area (Å²) in [4.78, 5) is 24.3. The number of nitrogens with zero attached hydrogens (tertiary/aromatic N) is 3. The van der Waals surface area contributed by atoms with Crippen molar-refractivity contribution in [3.63, 3.8) is 0 Å². The van der Waals surface area contributed by atoms with Crippen molar-refractivity contribution < 1.29 is 9.53 Å². The second kappa shape index (κ2) is 11.1. The molecule has 0 aliphatic carbocycles. The average Bonchev–Trinajstić information content (AvgIpc) is 2.84. The highest BCUT2D eigenvalue weighted by molar-refractivity contribution is 5.99. The summed E-state index contributed by atoms with van der Waals surface area (Å²) >= 11 is 0. The van der Waals surface area contributed by atoms with Crippen LogP contribution in [0, 0.1) is 5.92 Å². The van der Waals surface area contributed by atoms with Crippen LogP contribution in [-0.4, -0.2) is 35.9 Å². The predicted octanol–water partition coefficient (Wildman–Crippen LogP) is 6.08. The van der Waals surface area contributed by atoms with E-state index in [1.54, 1.807) is 12.4 Å². The van der Waals surface area contributed by atoms with Gasteiger partial charge in [0.25, 0.3) is 5.91 Å². The first-order valence-corrected chi connectivity index (χ1v) is 12.3. The normalized spacial score (nSPS) is 16.1. The second-order valence-corrected chi connectivity index (χ2v) is 9.16. The minimum Gasteiger partial charge on any atom is -0.481 e. The average molecular weight is 459 g/mol. The van der Waals surface area contributed by atoms with Crippen LogP contribution in [0.3, 0.4) is 0 Å². The number of anilines is 2. The SMILES string of the molecule is CC/N=C1\CCCCN1c1ccc(NC(=O)[C@H](CC(C)C)Oc2ccc3ccncc3c2)cc1. The Morgan fingerprint density at radius 3 is 2.71 bits per heavy atom. The zero-order valence-corrected chi connectivity index (χ0v) is 20.3. The third-order valence-corrected chi connectivity index (χ3v) is 6.00. The molecule has 0 spiro atoms. The summed E-state index contributed by atoms with van der Waals surface area (Å²) in [5.74, 6) is 2.00. The standard InChI is InChI=1S/C28H34N4O2/c1-4-30-27-7-5-6-16-32(27)24-11-9-23(10-12-24)31-28(33)26(17-20(2)3)34-25-13-8-21-14-15-29-19-22(21)18-25/h8-15,18-20,26H,4-7,16-17H2,1-3H3,(H,31,33)/b30-27+/t26-/m0/s1. The fourth-order valence-corrected chi connectivity index (χ4v) is 4.33. The molecule has 0 saturated carbocycles. The maximum absolute atomic E-state index is 13.2. The van der Waals surface area contributed by atoms with Crippen molar-refractivity contribution in [2.45, 2.75) is 52.6 Å². The number of benzene rings is 2. The van der Waals surface area contributed by atoms with Gasteiger partial charge in [-0.05, 0) is 80.0 Å². The first kappa shape index (κ1) is 23.7. The topological polar surface area (TPSA) is 66.8 Å². The molecule has 1 fully saturated rings. The van der Waals surface area contributed by atoms with Crippen LogP contribution in [0.4, 0.5) is 11.4 Å². The highest BCUT2D eigenvalue weighted by atomic mass is 16.5. The maximum Gasteiger partial charge on any atom is 0.265 e. The molecule has 2 aromatic carbocycles. The van der Waals surface area contributed by atoms with Crippen LogP contribution in [0.15, 0.2) is 65.9 Å². The smallest absolute Gasteiger partial charge is 0.265 e. The van der Waals surface area contributed by atoms with Crippen molar-refractivity contribution in [2.75, 3.05) is 23.3 Å². The summed E-state index contributed by atoms with van der Waals surface area (Å²) in [5, 5.41) is 5.13. The van der Waals surface area contributed by atoms with E-state index in [1.807, 2.05) is 36.4 Å². The lowest BCUT2D eigenvalue weighted by Gasteiger charge is -2.30. The van der Waals surface area contributed by atoms with E-state index in [2.05, 4.69) is 53.1 Å². The number of aromatic nitrogens is 1. The molecule has 1 atom stereocenters. The number of carbonyl (C=O) groups excluding carboxylic acids is 1. The van der Waals surface area contributed by atoms with Crippen LogP contribution in [0.2, 0.25) is 0 Å². The number of hydrogen-bond acceptors (Lipinski definition) is 4. The number of rotatable bonds is 8. The second-order valence-electron chi connectivity index (χ2n) is 9.16. The molecule has 4 rings (SSSR count). The summed E-state index contributed by atoms with van der Waals surface area (Å²) in [6.45, 7) is 8.04. The molecule has 1 aliphatic rings. The lowest BCUT2D eigenvalue weighted by Crippen LogP contribution is -2.36. The van der Waals surface area contributed by atoms with Crippen molar-refractivity contribution in [3.8, 4) is 5.75 Å². The van der Waals surface area contributed by atoms with Crippen LogP contribution >= 0.6 is 0 Å². The van der Waals surface area contributed by atoms with Gasteiger partial charge in [-0.25, -0.2) is 0 Å². The molecule has 0 bridgehead atoms. The summed E-state index contributed by atoms with van der Waals surface area (Å²) in [7, 11) is 0. The van der Waals surface area contributed by atoms with Crippen molar-refractivity contribution in [1.29, 1.82) is 0 Å². The van der Waals surface area contributed by atoms with E-state index in [4.69, 9.17) is 4.74 Å². The molecular formula is C28H34N4O2. The molecule has 1 N–H and O–H groups in total. The van der Waals surface area contributed by atoms with Crippen LogP contribution in [0.1, 0.15) is 46.5 Å². The summed E-state index contributed by atoms with van der Waals surface area (Å²) < 4.78 is 6.16. The quantitative estimate of drug-likeness (QED) is 0.444. The molecule has 1 amide bonds. The Hall–Kier alpha value is -3.41. The maximum atomic E-state index is 13.2. The molecule has 6 heteroatoms. The fraction of sp³-hybridized carbons (Fsp3) is 0.393. The highest BCUT2D eigenvalue weighted by Crippen LogP contribution is 2.25. The number of carbonyl (C=O) groups is 1. The molecule has 1 saturated heterocycles. The molecule has 1 aliphatic heterocycles. The molecular weight excluding hydrogens is 424 g/mol. The number of aliphatic imine (C=N–C) groups is 1. The van der Waals surface area contributed by atoms with E-state index in [0.717, 1.165) is 47.5 Å². The fourth-order valence-electron chi connectivity index (χ4n) is 4.33. The lowest BCUT2D eigenvalue weighted by atomic mass is 10.0. The van der Waals surface area contributed by atoms with Gasteiger partial charge in [-0.2, -0.15) is 0 Å². The molecule has 0 unspecified atom stereocenters. The summed E-state index contributed by atoms with van der Waals surface area (Å²) in [6.07, 6.45) is 6.99. The number of ether oxygens (including phenoxy) is 1. The van der Waals surface area contributed by atoms with Gasteiger partial charge in [0, 0.05) is 48.7 Å². The van der Waals surface area contributed by atoms with E-state index in [9.17, 15) is 4.79 Å². The zero-order chi connectivity index (χ0) is 23.9.